The molecule has 0 nitrogen and oxygen atoms in total. The van der Waals surface area contributed by atoms with E-state index in [0.29, 0.717) is 0 Å². The van der Waals surface area contributed by atoms with Crippen LogP contribution in [-0.2, 0) is 0 Å². The summed E-state index contributed by atoms with van der Waals surface area (Å²) in [4.78, 5) is 0. The summed E-state index contributed by atoms with van der Waals surface area (Å²) >= 11 is 0. The van der Waals surface area contributed by atoms with Crippen molar-refractivity contribution in [3.8, 4) is 0 Å². The lowest BCUT2D eigenvalue weighted by Crippen LogP contribution is -1.91. The van der Waals surface area contributed by atoms with Gasteiger partial charge in [-0.05, 0) is 0 Å². The van der Waals surface area contributed by atoms with Gasteiger partial charge >= 0.3 is 0 Å². The Balaban J connectivity index is 2.68. The van der Waals surface area contributed by atoms with Crippen molar-refractivity contribution in [1.29, 1.82) is 0 Å². The van der Waals surface area contributed by atoms with Gasteiger partial charge in [0.25, 0.3) is 0 Å². The van der Waals surface area contributed by atoms with Crippen LogP contribution in [0.25, 0.3) is 0 Å². The fourth-order valence-electron chi connectivity index (χ4n) is 0.526. The highest BCUT2D eigenvalue weighted by atomic mass is 31.0. The molecule has 0 fully saturated rings. The van der Waals surface area contributed by atoms with Gasteiger partial charge in [0.15, 0.2) is 6.43 Å². The van der Waals surface area contributed by atoms with Crippen LogP contribution in [0.2, 0.25) is 13.1 Å². The summed E-state index contributed by atoms with van der Waals surface area (Å²) in [5, 5.41) is 0. The highest BCUT2D eigenvalue weighted by Gasteiger charge is 1.94. The van der Waals surface area contributed by atoms with Crippen molar-refractivity contribution in [3.63, 3.8) is 0 Å². The largest absolute Gasteiger partial charge is 0.171 e. The van der Waals surface area contributed by atoms with Crippen molar-refractivity contribution in [2.24, 2.45) is 0 Å². The molecule has 2 heteroatoms. The van der Waals surface area contributed by atoms with Crippen LogP contribution in [0.5, 0.6) is 0 Å². The molecule has 0 rings (SSSR count). The van der Waals surface area contributed by atoms with Crippen molar-refractivity contribution in [2.45, 2.75) is 32.9 Å². The summed E-state index contributed by atoms with van der Waals surface area (Å²) in [6, 6.07) is 0. The number of rotatable bonds is 3. The van der Waals surface area contributed by atoms with Crippen molar-refractivity contribution in [3.05, 3.63) is 0 Å². The zero-order valence-corrected chi connectivity index (χ0v) is 6.43. The Hall–Kier alpha value is 0.495. The fourth-order valence-corrected chi connectivity index (χ4v) is 0.762. The zero-order valence-electron chi connectivity index (χ0n) is 5.28. The summed E-state index contributed by atoms with van der Waals surface area (Å²) in [5.41, 5.74) is 0. The Morgan fingerprint density at radius 2 is 2.14 bits per heavy atom. The van der Waals surface area contributed by atoms with Gasteiger partial charge in [0.1, 0.15) is 0 Å². The van der Waals surface area contributed by atoms with E-state index < -0.39 is 0 Å². The first-order chi connectivity index (χ1) is 3.27. The third-order valence-electron chi connectivity index (χ3n) is 1.01. The van der Waals surface area contributed by atoms with E-state index in [4.69, 9.17) is 0 Å². The first-order valence-electron chi connectivity index (χ1n) is 3.03. The smallest absolute Gasteiger partial charge is 0.160 e. The Kier molecular flexibility index (Phi) is 4.98. The molecule has 0 amide bonds. The first-order valence-corrected chi connectivity index (χ1v) is 3.69. The Bertz CT molecular complexity index is 37.1. The van der Waals surface area contributed by atoms with Gasteiger partial charge in [-0.25, -0.2) is 0 Å². The molecule has 0 aliphatic heterocycles. The molecule has 0 saturated carbocycles. The molecule has 1 atom stereocenters. The van der Waals surface area contributed by atoms with Gasteiger partial charge in [0.2, 0.25) is 0 Å². The van der Waals surface area contributed by atoms with Crippen LogP contribution >= 0.6 is 9.12 Å². The molecule has 0 radical (unpaired) electrons. The molecule has 0 aromatic carbocycles. The number of unbranched alkanes of at least 4 members (excludes halogenated alkanes) is 1. The number of hydrogen-bond donors (Lipinski definition) is 0. The van der Waals surface area contributed by atoms with Crippen molar-refractivity contribution < 1.29 is 0 Å². The standard InChI is InChI=1S/C5H14BP/c1-3-4-5-6(2)7/h3-5,7H2,1-2H3. The molecule has 0 aliphatic carbocycles. The highest BCUT2D eigenvalue weighted by molar-refractivity contribution is 7.61. The monoisotopic (exact) mass is 116 g/mol. The second-order valence-electron chi connectivity index (χ2n) is 2.12. The van der Waals surface area contributed by atoms with Crippen molar-refractivity contribution in [2.75, 3.05) is 0 Å². The third-order valence-corrected chi connectivity index (χ3v) is 1.35. The molecule has 7 heavy (non-hydrogen) atoms. The lowest BCUT2D eigenvalue weighted by Gasteiger charge is -1.94. The van der Waals surface area contributed by atoms with Crippen LogP contribution in [0.1, 0.15) is 19.8 Å². The van der Waals surface area contributed by atoms with E-state index in [2.05, 4.69) is 22.9 Å². The van der Waals surface area contributed by atoms with Gasteiger partial charge in [-0.3, -0.25) is 0 Å². The lowest BCUT2D eigenvalue weighted by atomic mass is 9.74. The minimum Gasteiger partial charge on any atom is -0.171 e. The molecule has 0 heterocycles. The van der Waals surface area contributed by atoms with Crippen LogP contribution in [0, 0.1) is 0 Å². The molecule has 0 aromatic heterocycles. The quantitative estimate of drug-likeness (QED) is 0.392. The summed E-state index contributed by atoms with van der Waals surface area (Å²) in [6.07, 6.45) is 4.89. The topological polar surface area (TPSA) is 0 Å². The summed E-state index contributed by atoms with van der Waals surface area (Å²) in [6.45, 7) is 4.47. The predicted octanol–water partition coefficient (Wildman–Crippen LogP) is 2.28. The van der Waals surface area contributed by atoms with E-state index in [-0.39, 0.29) is 0 Å². The Morgan fingerprint density at radius 1 is 1.57 bits per heavy atom. The second kappa shape index (κ2) is 4.65. The van der Waals surface area contributed by atoms with Gasteiger partial charge in [-0.2, -0.15) is 9.12 Å². The van der Waals surface area contributed by atoms with Gasteiger partial charge in [-0.15, -0.1) is 0 Å². The van der Waals surface area contributed by atoms with Crippen LogP contribution < -0.4 is 0 Å². The van der Waals surface area contributed by atoms with Crippen LogP contribution in [0.4, 0.5) is 0 Å². The van der Waals surface area contributed by atoms with Crippen molar-refractivity contribution in [1.82, 2.24) is 0 Å². The lowest BCUT2D eigenvalue weighted by molar-refractivity contribution is 0.878. The van der Waals surface area contributed by atoms with Crippen LogP contribution in [-0.4, -0.2) is 6.43 Å². The molecule has 0 aliphatic rings. The molecule has 0 saturated heterocycles. The molecule has 0 spiro atoms. The molecule has 1 unspecified atom stereocenters. The van der Waals surface area contributed by atoms with Crippen LogP contribution in [0.15, 0.2) is 0 Å². The summed E-state index contributed by atoms with van der Waals surface area (Å²) in [5.74, 6) is 0. The maximum Gasteiger partial charge on any atom is 0.160 e. The molecular formula is C5H14BP. The minimum absolute atomic E-state index is 0.819. The van der Waals surface area contributed by atoms with E-state index >= 15 is 0 Å². The predicted molar refractivity (Wildman–Crippen MR) is 41.0 cm³/mol. The maximum atomic E-state index is 2.81. The summed E-state index contributed by atoms with van der Waals surface area (Å²) < 4.78 is 0. The average molecular weight is 116 g/mol. The Morgan fingerprint density at radius 3 is 2.29 bits per heavy atom. The van der Waals surface area contributed by atoms with E-state index in [1.807, 2.05) is 0 Å². The minimum atomic E-state index is 0.819. The van der Waals surface area contributed by atoms with E-state index in [1.54, 1.807) is 0 Å². The highest BCUT2D eigenvalue weighted by Crippen LogP contribution is 2.05. The molecule has 42 valence electrons. The summed E-state index contributed by atoms with van der Waals surface area (Å²) in [7, 11) is 2.81. The Labute approximate surface area is 49.3 Å². The van der Waals surface area contributed by atoms with E-state index in [0.717, 1.165) is 6.43 Å². The maximum absolute atomic E-state index is 2.81. The van der Waals surface area contributed by atoms with Gasteiger partial charge in [0.05, 0.1) is 0 Å². The van der Waals surface area contributed by atoms with Gasteiger partial charge < -0.3 is 0 Å². The third kappa shape index (κ3) is 6.49. The van der Waals surface area contributed by atoms with Crippen molar-refractivity contribution >= 4 is 15.6 Å². The molecule has 0 N–H and O–H groups in total. The number of hydrogen-bond acceptors (Lipinski definition) is 0. The van der Waals surface area contributed by atoms with Gasteiger partial charge in [0, 0.05) is 0 Å². The van der Waals surface area contributed by atoms with Crippen LogP contribution in [0.3, 0.4) is 0 Å². The molecule has 0 aromatic rings. The SMILES string of the molecule is CCCCB(C)P. The molecular weight excluding hydrogens is 102 g/mol. The average Bonchev–Trinajstić information content (AvgIpc) is 1.61. The van der Waals surface area contributed by atoms with E-state index in [1.165, 1.54) is 19.2 Å². The fraction of sp³-hybridized carbons (Fsp3) is 1.00. The zero-order chi connectivity index (χ0) is 5.70. The normalized spacial score (nSPS) is 9.00. The van der Waals surface area contributed by atoms with Gasteiger partial charge in [-0.1, -0.05) is 32.9 Å². The second-order valence-corrected chi connectivity index (χ2v) is 3.26. The molecule has 0 bridgehead atoms. The van der Waals surface area contributed by atoms with E-state index in [9.17, 15) is 0 Å². The first kappa shape index (κ1) is 7.49.